The highest BCUT2D eigenvalue weighted by atomic mass is 79.9. The summed E-state index contributed by atoms with van der Waals surface area (Å²) in [5.74, 6) is -0.418. The molecule has 1 N–H and O–H groups in total. The van der Waals surface area contributed by atoms with Crippen molar-refractivity contribution in [2.24, 2.45) is 11.3 Å². The summed E-state index contributed by atoms with van der Waals surface area (Å²) in [4.78, 5) is 24.9. The maximum atomic E-state index is 12.1. The summed E-state index contributed by atoms with van der Waals surface area (Å²) in [5.41, 5.74) is 1.29. The molecule has 1 saturated heterocycles. The van der Waals surface area contributed by atoms with E-state index in [0.717, 1.165) is 16.6 Å². The quantitative estimate of drug-likeness (QED) is 0.903. The molecule has 1 aliphatic heterocycles. The van der Waals surface area contributed by atoms with Crippen LogP contribution in [0.1, 0.15) is 43.1 Å². The second-order valence-corrected chi connectivity index (χ2v) is 7.51. The SMILES string of the molecule is CC(C)(C)C1CC(=O)N(Cc2ccc(C(=O)O)cc2Br)C1. The van der Waals surface area contributed by atoms with Crippen molar-refractivity contribution in [3.8, 4) is 0 Å². The van der Waals surface area contributed by atoms with Gasteiger partial charge in [-0.25, -0.2) is 4.79 Å². The first-order valence-electron chi connectivity index (χ1n) is 6.98. The normalized spacial score (nSPS) is 19.1. The zero-order valence-corrected chi connectivity index (χ0v) is 14.1. The van der Waals surface area contributed by atoms with E-state index >= 15 is 0 Å². The number of aromatic carboxylic acids is 1. The van der Waals surface area contributed by atoms with Crippen LogP contribution >= 0.6 is 15.9 Å². The van der Waals surface area contributed by atoms with Crippen LogP contribution < -0.4 is 0 Å². The van der Waals surface area contributed by atoms with Crippen molar-refractivity contribution < 1.29 is 14.7 Å². The fraction of sp³-hybridized carbons (Fsp3) is 0.500. The number of benzene rings is 1. The van der Waals surface area contributed by atoms with Crippen molar-refractivity contribution in [1.29, 1.82) is 0 Å². The third-order valence-electron chi connectivity index (χ3n) is 4.10. The van der Waals surface area contributed by atoms with Gasteiger partial charge in [-0.05, 0) is 29.0 Å². The highest BCUT2D eigenvalue weighted by Crippen LogP contribution is 2.35. The molecular formula is C16H20BrNO3. The lowest BCUT2D eigenvalue weighted by Crippen LogP contribution is -2.27. The second-order valence-electron chi connectivity index (χ2n) is 6.65. The molecule has 4 nitrogen and oxygen atoms in total. The van der Waals surface area contributed by atoms with Crippen LogP contribution in [0.15, 0.2) is 22.7 Å². The molecule has 0 aliphatic carbocycles. The van der Waals surface area contributed by atoms with Crippen LogP contribution in [-0.2, 0) is 11.3 Å². The van der Waals surface area contributed by atoms with Gasteiger partial charge in [0.15, 0.2) is 0 Å². The summed E-state index contributed by atoms with van der Waals surface area (Å²) < 4.78 is 0.731. The number of carboxylic acids is 1. The molecule has 1 aliphatic rings. The molecule has 0 bridgehead atoms. The number of hydrogen-bond acceptors (Lipinski definition) is 2. The van der Waals surface area contributed by atoms with Crippen LogP contribution in [0.3, 0.4) is 0 Å². The van der Waals surface area contributed by atoms with Crippen LogP contribution in [0.2, 0.25) is 0 Å². The van der Waals surface area contributed by atoms with E-state index in [1.165, 1.54) is 0 Å². The van der Waals surface area contributed by atoms with Gasteiger partial charge < -0.3 is 10.0 Å². The Morgan fingerprint density at radius 2 is 2.10 bits per heavy atom. The van der Waals surface area contributed by atoms with Crippen molar-refractivity contribution in [2.75, 3.05) is 6.54 Å². The molecule has 0 aromatic heterocycles. The number of likely N-dealkylation sites (tertiary alicyclic amines) is 1. The lowest BCUT2D eigenvalue weighted by molar-refractivity contribution is -0.128. The van der Waals surface area contributed by atoms with E-state index in [2.05, 4.69) is 36.7 Å². The van der Waals surface area contributed by atoms with Gasteiger partial charge in [0, 0.05) is 24.0 Å². The molecule has 0 saturated carbocycles. The molecule has 1 atom stereocenters. The molecule has 114 valence electrons. The first-order valence-corrected chi connectivity index (χ1v) is 7.77. The first kappa shape index (κ1) is 16.0. The zero-order chi connectivity index (χ0) is 15.8. The number of rotatable bonds is 3. The Morgan fingerprint density at radius 1 is 1.43 bits per heavy atom. The van der Waals surface area contributed by atoms with E-state index in [-0.39, 0.29) is 16.9 Å². The highest BCUT2D eigenvalue weighted by Gasteiger charge is 2.36. The molecule has 1 unspecified atom stereocenters. The number of nitrogens with zero attached hydrogens (tertiary/aromatic N) is 1. The first-order chi connectivity index (χ1) is 9.68. The third kappa shape index (κ3) is 3.64. The lowest BCUT2D eigenvalue weighted by atomic mass is 9.80. The monoisotopic (exact) mass is 353 g/mol. The summed E-state index contributed by atoms with van der Waals surface area (Å²) in [6, 6.07) is 4.93. The van der Waals surface area contributed by atoms with Gasteiger partial charge in [0.05, 0.1) is 5.56 Å². The van der Waals surface area contributed by atoms with E-state index in [9.17, 15) is 9.59 Å². The van der Waals surface area contributed by atoms with Crippen molar-refractivity contribution in [3.05, 3.63) is 33.8 Å². The van der Waals surface area contributed by atoms with Gasteiger partial charge >= 0.3 is 5.97 Å². The van der Waals surface area contributed by atoms with Gasteiger partial charge in [0.2, 0.25) is 5.91 Å². The Balaban J connectivity index is 2.12. The average molecular weight is 354 g/mol. The van der Waals surface area contributed by atoms with Gasteiger partial charge in [-0.1, -0.05) is 42.8 Å². The number of carboxylic acid groups (broad SMARTS) is 1. The average Bonchev–Trinajstić information content (AvgIpc) is 2.73. The van der Waals surface area contributed by atoms with Gasteiger partial charge in [-0.3, -0.25) is 4.79 Å². The Bertz CT molecular complexity index is 577. The lowest BCUT2D eigenvalue weighted by Gasteiger charge is -2.26. The molecule has 1 aromatic rings. The van der Waals surface area contributed by atoms with Crippen LogP contribution in [0.5, 0.6) is 0 Å². The predicted molar refractivity (Wildman–Crippen MR) is 84.1 cm³/mol. The maximum absolute atomic E-state index is 12.1. The minimum absolute atomic E-state index is 0.120. The van der Waals surface area contributed by atoms with Gasteiger partial charge in [-0.2, -0.15) is 0 Å². The van der Waals surface area contributed by atoms with Gasteiger partial charge in [0.1, 0.15) is 0 Å². The zero-order valence-electron chi connectivity index (χ0n) is 12.5. The Hall–Kier alpha value is -1.36. The smallest absolute Gasteiger partial charge is 0.335 e. The van der Waals surface area contributed by atoms with Gasteiger partial charge in [-0.15, -0.1) is 0 Å². The Morgan fingerprint density at radius 3 is 2.57 bits per heavy atom. The van der Waals surface area contributed by atoms with Gasteiger partial charge in [0.25, 0.3) is 0 Å². The van der Waals surface area contributed by atoms with Crippen molar-refractivity contribution in [2.45, 2.75) is 33.7 Å². The maximum Gasteiger partial charge on any atom is 0.335 e. The minimum atomic E-state index is -0.952. The molecular weight excluding hydrogens is 334 g/mol. The van der Waals surface area contributed by atoms with Crippen LogP contribution in [0.25, 0.3) is 0 Å². The fourth-order valence-corrected chi connectivity index (χ4v) is 3.02. The number of carbonyl (C=O) groups is 2. The summed E-state index contributed by atoms with van der Waals surface area (Å²) in [7, 11) is 0. The number of halogens is 1. The summed E-state index contributed by atoms with van der Waals surface area (Å²) in [6.07, 6.45) is 0.592. The van der Waals surface area contributed by atoms with E-state index in [0.29, 0.717) is 18.9 Å². The van der Waals surface area contributed by atoms with Crippen molar-refractivity contribution in [3.63, 3.8) is 0 Å². The van der Waals surface area contributed by atoms with E-state index in [1.54, 1.807) is 18.2 Å². The fourth-order valence-electron chi connectivity index (χ4n) is 2.52. The largest absolute Gasteiger partial charge is 0.478 e. The molecule has 0 radical (unpaired) electrons. The molecule has 1 amide bonds. The van der Waals surface area contributed by atoms with E-state index in [1.807, 2.05) is 4.90 Å². The van der Waals surface area contributed by atoms with Crippen molar-refractivity contribution in [1.82, 2.24) is 4.90 Å². The van der Waals surface area contributed by atoms with Crippen LogP contribution in [0.4, 0.5) is 0 Å². The topological polar surface area (TPSA) is 57.6 Å². The van der Waals surface area contributed by atoms with E-state index < -0.39 is 5.97 Å². The number of hydrogen-bond donors (Lipinski definition) is 1. The van der Waals surface area contributed by atoms with Crippen molar-refractivity contribution >= 4 is 27.8 Å². The summed E-state index contributed by atoms with van der Waals surface area (Å²) >= 11 is 3.40. The Labute approximate surface area is 133 Å². The standard InChI is InChI=1S/C16H20BrNO3/c1-16(2,3)12-7-14(19)18(9-12)8-11-5-4-10(15(20)21)6-13(11)17/h4-6,12H,7-9H2,1-3H3,(H,20,21). The highest BCUT2D eigenvalue weighted by molar-refractivity contribution is 9.10. The number of carbonyl (C=O) groups excluding carboxylic acids is 1. The Kier molecular flexibility index (Phi) is 4.42. The molecule has 2 rings (SSSR count). The molecule has 1 heterocycles. The third-order valence-corrected chi connectivity index (χ3v) is 4.84. The second kappa shape index (κ2) is 5.79. The minimum Gasteiger partial charge on any atom is -0.478 e. The molecule has 0 spiro atoms. The molecule has 5 heteroatoms. The van der Waals surface area contributed by atoms with E-state index in [4.69, 9.17) is 5.11 Å². The molecule has 1 aromatic carbocycles. The molecule has 21 heavy (non-hydrogen) atoms. The van der Waals surface area contributed by atoms with Crippen LogP contribution in [-0.4, -0.2) is 28.4 Å². The predicted octanol–water partition coefficient (Wildman–Crippen LogP) is 3.54. The summed E-state index contributed by atoms with van der Waals surface area (Å²) in [6.45, 7) is 7.76. The number of amides is 1. The van der Waals surface area contributed by atoms with Crippen LogP contribution in [0, 0.1) is 11.3 Å². The summed E-state index contributed by atoms with van der Waals surface area (Å²) in [5, 5.41) is 8.97. The molecule has 1 fully saturated rings.